The molecule has 24 heavy (non-hydrogen) atoms. The molecule has 0 atom stereocenters. The molecule has 0 aromatic heterocycles. The van der Waals surface area contributed by atoms with Gasteiger partial charge in [-0.2, -0.15) is 0 Å². The smallest absolute Gasteiger partial charge is 0.166 e. The standard InChI is InChI=1S/C20H27N3S/c1-3-23(19-11-7-8-17(2)16-19)15-14-22-20(24)21-13-12-18-9-5-4-6-10-18/h4-11,16H,3,12-15H2,1-2H3,(H2,21,22,24). The minimum absolute atomic E-state index is 0.728. The van der Waals surface area contributed by atoms with Crippen molar-refractivity contribution in [3.8, 4) is 0 Å². The van der Waals surface area contributed by atoms with Gasteiger partial charge in [0.15, 0.2) is 5.11 Å². The second-order valence-corrected chi connectivity index (χ2v) is 6.25. The molecule has 0 fully saturated rings. The molecule has 2 aromatic rings. The number of likely N-dealkylation sites (N-methyl/N-ethyl adjacent to an activating group) is 1. The van der Waals surface area contributed by atoms with Gasteiger partial charge in [-0.25, -0.2) is 0 Å². The molecule has 4 heteroatoms. The van der Waals surface area contributed by atoms with Crippen LogP contribution in [-0.2, 0) is 6.42 Å². The van der Waals surface area contributed by atoms with E-state index in [4.69, 9.17) is 12.2 Å². The minimum atomic E-state index is 0.728. The van der Waals surface area contributed by atoms with E-state index in [0.717, 1.165) is 37.7 Å². The summed E-state index contributed by atoms with van der Waals surface area (Å²) in [5, 5.41) is 7.30. The van der Waals surface area contributed by atoms with E-state index in [-0.39, 0.29) is 0 Å². The Morgan fingerprint density at radius 3 is 2.46 bits per heavy atom. The Morgan fingerprint density at radius 1 is 1.00 bits per heavy atom. The van der Waals surface area contributed by atoms with E-state index < -0.39 is 0 Å². The average molecular weight is 342 g/mol. The SMILES string of the molecule is CCN(CCNC(=S)NCCc1ccccc1)c1cccc(C)c1. The third kappa shape index (κ3) is 6.20. The molecule has 0 saturated heterocycles. The van der Waals surface area contributed by atoms with E-state index in [0.29, 0.717) is 0 Å². The van der Waals surface area contributed by atoms with Crippen LogP contribution in [0.1, 0.15) is 18.1 Å². The Hall–Kier alpha value is -2.07. The third-order valence-electron chi connectivity index (χ3n) is 3.96. The highest BCUT2D eigenvalue weighted by Gasteiger charge is 2.04. The molecule has 0 radical (unpaired) electrons. The average Bonchev–Trinajstić information content (AvgIpc) is 2.60. The lowest BCUT2D eigenvalue weighted by Crippen LogP contribution is -2.40. The van der Waals surface area contributed by atoms with Crippen molar-refractivity contribution in [2.75, 3.05) is 31.1 Å². The van der Waals surface area contributed by atoms with E-state index in [1.54, 1.807) is 0 Å². The molecule has 128 valence electrons. The Morgan fingerprint density at radius 2 is 1.75 bits per heavy atom. The van der Waals surface area contributed by atoms with Gasteiger partial charge in [0, 0.05) is 31.9 Å². The number of anilines is 1. The number of nitrogens with zero attached hydrogens (tertiary/aromatic N) is 1. The highest BCUT2D eigenvalue weighted by Crippen LogP contribution is 2.14. The fourth-order valence-corrected chi connectivity index (χ4v) is 2.83. The zero-order chi connectivity index (χ0) is 17.2. The monoisotopic (exact) mass is 341 g/mol. The largest absolute Gasteiger partial charge is 0.370 e. The van der Waals surface area contributed by atoms with Crippen LogP contribution in [0, 0.1) is 6.92 Å². The summed E-state index contributed by atoms with van der Waals surface area (Å²) in [6, 6.07) is 19.1. The molecule has 0 bridgehead atoms. The molecule has 0 unspecified atom stereocenters. The van der Waals surface area contributed by atoms with Gasteiger partial charge in [0.05, 0.1) is 0 Å². The van der Waals surface area contributed by atoms with E-state index in [2.05, 4.69) is 77.9 Å². The Bertz CT molecular complexity index is 628. The number of benzene rings is 2. The maximum absolute atomic E-state index is 5.35. The van der Waals surface area contributed by atoms with Crippen LogP contribution in [0.3, 0.4) is 0 Å². The van der Waals surface area contributed by atoms with Crippen molar-refractivity contribution in [3.05, 3.63) is 65.7 Å². The number of hydrogen-bond donors (Lipinski definition) is 2. The lowest BCUT2D eigenvalue weighted by atomic mass is 10.1. The molecule has 0 heterocycles. The Balaban J connectivity index is 1.67. The summed E-state index contributed by atoms with van der Waals surface area (Å²) in [5.74, 6) is 0. The summed E-state index contributed by atoms with van der Waals surface area (Å²) < 4.78 is 0. The number of hydrogen-bond acceptors (Lipinski definition) is 2. The number of rotatable bonds is 8. The fourth-order valence-electron chi connectivity index (χ4n) is 2.63. The van der Waals surface area contributed by atoms with Crippen molar-refractivity contribution >= 4 is 23.0 Å². The van der Waals surface area contributed by atoms with Crippen molar-refractivity contribution in [2.24, 2.45) is 0 Å². The Labute approximate surface area is 151 Å². The van der Waals surface area contributed by atoms with E-state index in [9.17, 15) is 0 Å². The van der Waals surface area contributed by atoms with Crippen LogP contribution in [0.5, 0.6) is 0 Å². The summed E-state index contributed by atoms with van der Waals surface area (Å²) >= 11 is 5.35. The normalized spacial score (nSPS) is 10.2. The number of aryl methyl sites for hydroxylation is 1. The molecular weight excluding hydrogens is 314 g/mol. The first-order valence-electron chi connectivity index (χ1n) is 8.56. The van der Waals surface area contributed by atoms with Crippen LogP contribution in [0.15, 0.2) is 54.6 Å². The number of nitrogens with one attached hydrogen (secondary N) is 2. The van der Waals surface area contributed by atoms with Crippen molar-refractivity contribution in [3.63, 3.8) is 0 Å². The molecule has 2 N–H and O–H groups in total. The molecule has 0 amide bonds. The van der Waals surface area contributed by atoms with Gasteiger partial charge in [-0.3, -0.25) is 0 Å². The molecular formula is C20H27N3S. The quantitative estimate of drug-likeness (QED) is 0.718. The van der Waals surface area contributed by atoms with Gasteiger partial charge in [0.25, 0.3) is 0 Å². The van der Waals surface area contributed by atoms with Crippen molar-refractivity contribution in [1.82, 2.24) is 10.6 Å². The zero-order valence-corrected chi connectivity index (χ0v) is 15.4. The third-order valence-corrected chi connectivity index (χ3v) is 4.25. The lowest BCUT2D eigenvalue weighted by Gasteiger charge is -2.24. The van der Waals surface area contributed by atoms with Crippen molar-refractivity contribution < 1.29 is 0 Å². The predicted octanol–water partition coefficient (Wildman–Crippen LogP) is 3.53. The van der Waals surface area contributed by atoms with Gasteiger partial charge in [-0.1, -0.05) is 42.5 Å². The van der Waals surface area contributed by atoms with E-state index >= 15 is 0 Å². The first kappa shape index (κ1) is 18.3. The van der Waals surface area contributed by atoms with Crippen LogP contribution in [0.4, 0.5) is 5.69 Å². The van der Waals surface area contributed by atoms with E-state index in [1.807, 2.05) is 6.07 Å². The van der Waals surface area contributed by atoms with Gasteiger partial charge < -0.3 is 15.5 Å². The molecule has 3 nitrogen and oxygen atoms in total. The van der Waals surface area contributed by atoms with Gasteiger partial charge >= 0.3 is 0 Å². The lowest BCUT2D eigenvalue weighted by molar-refractivity contribution is 0.757. The van der Waals surface area contributed by atoms with Crippen molar-refractivity contribution in [2.45, 2.75) is 20.3 Å². The topological polar surface area (TPSA) is 27.3 Å². The molecule has 0 saturated carbocycles. The molecule has 0 aliphatic rings. The fraction of sp³-hybridized carbons (Fsp3) is 0.350. The second kappa shape index (κ2) is 9.93. The van der Waals surface area contributed by atoms with Crippen molar-refractivity contribution in [1.29, 1.82) is 0 Å². The highest BCUT2D eigenvalue weighted by molar-refractivity contribution is 7.80. The summed E-state index contributed by atoms with van der Waals surface area (Å²) in [6.45, 7) is 7.91. The molecule has 0 aliphatic carbocycles. The minimum Gasteiger partial charge on any atom is -0.370 e. The van der Waals surface area contributed by atoms with Gasteiger partial charge in [0.1, 0.15) is 0 Å². The summed E-state index contributed by atoms with van der Waals surface area (Å²) in [5.41, 5.74) is 3.88. The summed E-state index contributed by atoms with van der Waals surface area (Å²) in [4.78, 5) is 2.35. The number of thiocarbonyl (C=S) groups is 1. The highest BCUT2D eigenvalue weighted by atomic mass is 32.1. The van der Waals surface area contributed by atoms with Gasteiger partial charge in [-0.15, -0.1) is 0 Å². The second-order valence-electron chi connectivity index (χ2n) is 5.84. The van der Waals surface area contributed by atoms with Crippen LogP contribution in [0.2, 0.25) is 0 Å². The van der Waals surface area contributed by atoms with Crippen LogP contribution < -0.4 is 15.5 Å². The zero-order valence-electron chi connectivity index (χ0n) is 14.6. The predicted molar refractivity (Wildman–Crippen MR) is 108 cm³/mol. The molecule has 2 rings (SSSR count). The van der Waals surface area contributed by atoms with Crippen LogP contribution in [0.25, 0.3) is 0 Å². The summed E-state index contributed by atoms with van der Waals surface area (Å²) in [7, 11) is 0. The van der Waals surface area contributed by atoms with E-state index in [1.165, 1.54) is 16.8 Å². The van der Waals surface area contributed by atoms with Crippen LogP contribution >= 0.6 is 12.2 Å². The van der Waals surface area contributed by atoms with Gasteiger partial charge in [-0.05, 0) is 55.7 Å². The first-order valence-corrected chi connectivity index (χ1v) is 8.97. The molecule has 2 aromatic carbocycles. The maximum atomic E-state index is 5.35. The molecule has 0 aliphatic heterocycles. The molecule has 0 spiro atoms. The maximum Gasteiger partial charge on any atom is 0.166 e. The summed E-state index contributed by atoms with van der Waals surface area (Å²) in [6.07, 6.45) is 0.979. The van der Waals surface area contributed by atoms with Gasteiger partial charge in [0.2, 0.25) is 0 Å². The Kier molecular flexibility index (Phi) is 7.56. The van der Waals surface area contributed by atoms with Crippen LogP contribution in [-0.4, -0.2) is 31.3 Å². The first-order chi connectivity index (χ1) is 11.7.